The smallest absolute Gasteiger partial charge is 0.421 e. The number of benzene rings is 1. The second kappa shape index (κ2) is 8.69. The summed E-state index contributed by atoms with van der Waals surface area (Å²) in [4.78, 5) is 19.9. The lowest BCUT2D eigenvalue weighted by atomic mass is 10.0. The largest absolute Gasteiger partial charge is 0.481 e. The van der Waals surface area contributed by atoms with E-state index in [2.05, 4.69) is 30.2 Å². The molecule has 7 nitrogen and oxygen atoms in total. The summed E-state index contributed by atoms with van der Waals surface area (Å²) in [5.74, 6) is -3.17. The number of fused-ring (bicyclic) bond motifs is 1. The zero-order valence-corrected chi connectivity index (χ0v) is 17.7. The number of aromatic amines is 1. The predicted octanol–water partition coefficient (Wildman–Crippen LogP) is 4.82. The highest BCUT2D eigenvalue weighted by Gasteiger charge is 2.35. The minimum absolute atomic E-state index is 0.0640. The summed E-state index contributed by atoms with van der Waals surface area (Å²) in [5, 5.41) is 9.58. The Labute approximate surface area is 189 Å². The number of methoxy groups -OCH3 is 1. The van der Waals surface area contributed by atoms with Crippen LogP contribution in [0, 0.1) is 18.6 Å². The number of carbonyl (C=O) groups is 1. The van der Waals surface area contributed by atoms with E-state index < -0.39 is 41.6 Å². The van der Waals surface area contributed by atoms with E-state index >= 15 is 0 Å². The van der Waals surface area contributed by atoms with Crippen LogP contribution in [0.5, 0.6) is 5.88 Å². The van der Waals surface area contributed by atoms with Gasteiger partial charge in [0, 0.05) is 34.0 Å². The average Bonchev–Trinajstić information content (AvgIpc) is 3.15. The molecule has 0 unspecified atom stereocenters. The first-order chi connectivity index (χ1) is 16.1. The molecule has 0 fully saturated rings. The molecular formula is C22H16F5N5O2. The quantitative estimate of drug-likeness (QED) is 0.403. The number of nitrogens with one attached hydrogen (secondary N) is 2. The zero-order valence-electron chi connectivity index (χ0n) is 17.7. The van der Waals surface area contributed by atoms with Crippen molar-refractivity contribution in [1.82, 2.24) is 20.2 Å². The molecule has 0 aliphatic heterocycles. The van der Waals surface area contributed by atoms with Gasteiger partial charge in [-0.3, -0.25) is 9.89 Å². The van der Waals surface area contributed by atoms with E-state index in [4.69, 9.17) is 0 Å². The first-order valence-corrected chi connectivity index (χ1v) is 9.77. The van der Waals surface area contributed by atoms with Gasteiger partial charge in [-0.15, -0.1) is 0 Å². The van der Waals surface area contributed by atoms with E-state index in [0.717, 1.165) is 25.4 Å². The van der Waals surface area contributed by atoms with Crippen LogP contribution in [-0.2, 0) is 17.4 Å². The van der Waals surface area contributed by atoms with Crippen LogP contribution in [0.2, 0.25) is 0 Å². The number of H-pyrrole nitrogens is 1. The number of amides is 1. The fourth-order valence-electron chi connectivity index (χ4n) is 3.38. The fourth-order valence-corrected chi connectivity index (χ4v) is 3.38. The number of halogens is 5. The van der Waals surface area contributed by atoms with Gasteiger partial charge < -0.3 is 10.1 Å². The van der Waals surface area contributed by atoms with Gasteiger partial charge in [-0.25, -0.2) is 18.7 Å². The summed E-state index contributed by atoms with van der Waals surface area (Å²) in [7, 11) is 1.03. The third-order valence-corrected chi connectivity index (χ3v) is 5.03. The van der Waals surface area contributed by atoms with Crippen LogP contribution in [0.15, 0.2) is 36.7 Å². The minimum atomic E-state index is -4.77. The van der Waals surface area contributed by atoms with Crippen molar-refractivity contribution in [3.63, 3.8) is 0 Å². The average molecular weight is 477 g/mol. The number of rotatable bonds is 5. The predicted molar refractivity (Wildman–Crippen MR) is 112 cm³/mol. The lowest BCUT2D eigenvalue weighted by Gasteiger charge is -2.13. The molecule has 0 spiro atoms. The molecule has 3 heterocycles. The van der Waals surface area contributed by atoms with Gasteiger partial charge in [0.2, 0.25) is 11.8 Å². The Morgan fingerprint density at radius 3 is 2.56 bits per heavy atom. The molecule has 0 aliphatic carbocycles. The molecule has 2 N–H and O–H groups in total. The molecule has 3 aromatic heterocycles. The lowest BCUT2D eigenvalue weighted by Crippen LogP contribution is -2.17. The molecule has 4 aromatic rings. The highest BCUT2D eigenvalue weighted by atomic mass is 19.4. The third-order valence-electron chi connectivity index (χ3n) is 5.03. The van der Waals surface area contributed by atoms with Gasteiger partial charge in [0.15, 0.2) is 5.65 Å². The Morgan fingerprint density at radius 1 is 1.09 bits per heavy atom. The van der Waals surface area contributed by atoms with Crippen LogP contribution in [-0.4, -0.2) is 33.2 Å². The molecule has 34 heavy (non-hydrogen) atoms. The number of hydrogen-bond acceptors (Lipinski definition) is 5. The molecule has 1 amide bonds. The summed E-state index contributed by atoms with van der Waals surface area (Å²) in [6.45, 7) is 1.76. The van der Waals surface area contributed by atoms with Gasteiger partial charge >= 0.3 is 6.18 Å². The second-order valence-corrected chi connectivity index (χ2v) is 7.37. The van der Waals surface area contributed by atoms with Gasteiger partial charge in [-0.05, 0) is 31.2 Å². The first kappa shape index (κ1) is 23.1. The lowest BCUT2D eigenvalue weighted by molar-refractivity contribution is -0.139. The first-order valence-electron chi connectivity index (χ1n) is 9.77. The highest BCUT2D eigenvalue weighted by Crippen LogP contribution is 2.36. The van der Waals surface area contributed by atoms with Crippen molar-refractivity contribution >= 4 is 22.6 Å². The van der Waals surface area contributed by atoms with Crippen LogP contribution in [0.1, 0.15) is 16.8 Å². The van der Waals surface area contributed by atoms with E-state index in [1.807, 2.05) is 0 Å². The summed E-state index contributed by atoms with van der Waals surface area (Å²) >= 11 is 0. The van der Waals surface area contributed by atoms with E-state index in [0.29, 0.717) is 28.4 Å². The van der Waals surface area contributed by atoms with E-state index in [1.165, 1.54) is 6.20 Å². The van der Waals surface area contributed by atoms with Gasteiger partial charge in [0.05, 0.1) is 25.4 Å². The Bertz CT molecular complexity index is 1400. The summed E-state index contributed by atoms with van der Waals surface area (Å²) in [5.41, 5.74) is -0.348. The Kier molecular flexibility index (Phi) is 5.90. The number of aryl methyl sites for hydroxylation is 1. The standard InChI is InChI=1S/C22H16F5N5O2/c1-10-14-3-12(8-28-20(14)32-31-10)15-7-17(23)11(4-18(15)24)5-19(33)30-13-6-16(22(25,26)27)21(34-2)29-9-13/h3-4,6-9H,5H2,1-2H3,(H,30,33)(H,28,31,32). The fraction of sp³-hybridized carbons (Fsp3) is 0.182. The van der Waals surface area contributed by atoms with Gasteiger partial charge in [-0.1, -0.05) is 0 Å². The molecule has 0 atom stereocenters. The number of nitrogens with zero attached hydrogens (tertiary/aromatic N) is 3. The van der Waals surface area contributed by atoms with Crippen molar-refractivity contribution in [2.24, 2.45) is 0 Å². The van der Waals surface area contributed by atoms with Gasteiger partial charge in [0.1, 0.15) is 17.2 Å². The molecule has 0 saturated carbocycles. The van der Waals surface area contributed by atoms with Crippen LogP contribution >= 0.6 is 0 Å². The number of carbonyl (C=O) groups excluding carboxylic acids is 1. The third kappa shape index (κ3) is 4.51. The second-order valence-electron chi connectivity index (χ2n) is 7.37. The van der Waals surface area contributed by atoms with Crippen molar-refractivity contribution < 1.29 is 31.5 Å². The van der Waals surface area contributed by atoms with Crippen LogP contribution in [0.25, 0.3) is 22.2 Å². The van der Waals surface area contributed by atoms with Crippen molar-refractivity contribution in [3.05, 3.63) is 65.1 Å². The summed E-state index contributed by atoms with van der Waals surface area (Å²) < 4.78 is 73.5. The zero-order chi connectivity index (χ0) is 24.6. The van der Waals surface area contributed by atoms with Crippen LogP contribution in [0.3, 0.4) is 0 Å². The molecule has 176 valence electrons. The summed E-state index contributed by atoms with van der Waals surface area (Å²) in [6.07, 6.45) is -3.07. The maximum Gasteiger partial charge on any atom is 0.421 e. The minimum Gasteiger partial charge on any atom is -0.481 e. The molecule has 0 radical (unpaired) electrons. The van der Waals surface area contributed by atoms with Crippen LogP contribution < -0.4 is 10.1 Å². The molecular weight excluding hydrogens is 461 g/mol. The maximum absolute atomic E-state index is 14.8. The number of hydrogen-bond donors (Lipinski definition) is 2. The van der Waals surface area contributed by atoms with E-state index in [-0.39, 0.29) is 16.8 Å². The molecule has 0 bridgehead atoms. The number of ether oxygens (including phenoxy) is 1. The topological polar surface area (TPSA) is 92.8 Å². The Morgan fingerprint density at radius 2 is 1.85 bits per heavy atom. The highest BCUT2D eigenvalue weighted by molar-refractivity contribution is 5.92. The Hall–Kier alpha value is -4.09. The molecule has 0 saturated heterocycles. The number of aromatic nitrogens is 4. The van der Waals surface area contributed by atoms with Gasteiger partial charge in [-0.2, -0.15) is 18.3 Å². The van der Waals surface area contributed by atoms with Crippen molar-refractivity contribution in [3.8, 4) is 17.0 Å². The SMILES string of the molecule is COc1ncc(NC(=O)Cc2cc(F)c(-c3cnc4n[nH]c(C)c4c3)cc2F)cc1C(F)(F)F. The Balaban J connectivity index is 1.56. The van der Waals surface area contributed by atoms with Crippen LogP contribution in [0.4, 0.5) is 27.6 Å². The van der Waals surface area contributed by atoms with E-state index in [1.54, 1.807) is 13.0 Å². The van der Waals surface area contributed by atoms with E-state index in [9.17, 15) is 26.7 Å². The number of pyridine rings is 2. The molecule has 4 rings (SSSR count). The molecule has 0 aliphatic rings. The molecule has 1 aromatic carbocycles. The normalized spacial score (nSPS) is 11.6. The maximum atomic E-state index is 14.8. The van der Waals surface area contributed by atoms with Crippen molar-refractivity contribution in [2.45, 2.75) is 19.5 Å². The van der Waals surface area contributed by atoms with Crippen molar-refractivity contribution in [1.29, 1.82) is 0 Å². The summed E-state index contributed by atoms with van der Waals surface area (Å²) in [6, 6.07) is 4.06. The van der Waals surface area contributed by atoms with Crippen molar-refractivity contribution in [2.75, 3.05) is 12.4 Å². The molecule has 12 heteroatoms. The number of alkyl halides is 3. The monoisotopic (exact) mass is 477 g/mol. The number of anilines is 1. The van der Waals surface area contributed by atoms with Gasteiger partial charge in [0.25, 0.3) is 0 Å².